The minimum atomic E-state index is -1.58. The van der Waals surface area contributed by atoms with Crippen molar-refractivity contribution in [1.29, 1.82) is 0 Å². The van der Waals surface area contributed by atoms with Crippen LogP contribution in [0.2, 0.25) is 0 Å². The quantitative estimate of drug-likeness (QED) is 0.268. The van der Waals surface area contributed by atoms with Gasteiger partial charge >= 0.3 is 11.9 Å². The van der Waals surface area contributed by atoms with E-state index < -0.39 is 17.7 Å². The van der Waals surface area contributed by atoms with Crippen LogP contribution in [0.5, 0.6) is 5.75 Å². The maximum atomic E-state index is 11.2. The van der Waals surface area contributed by atoms with Crippen molar-refractivity contribution in [2.45, 2.75) is 0 Å². The van der Waals surface area contributed by atoms with Gasteiger partial charge in [0.2, 0.25) is 0 Å². The Bertz CT molecular complexity index is 459. The van der Waals surface area contributed by atoms with Crippen LogP contribution in [0, 0.1) is 0 Å². The molecule has 1 aromatic carbocycles. The Morgan fingerprint density at radius 1 is 1.24 bits per heavy atom. The molecule has 17 heavy (non-hydrogen) atoms. The third-order valence-corrected chi connectivity index (χ3v) is 1.65. The van der Waals surface area contributed by atoms with E-state index in [0.717, 1.165) is 18.2 Å². The number of carboxylic acids is 1. The van der Waals surface area contributed by atoms with Gasteiger partial charge in [-0.15, -0.1) is 0 Å². The molecule has 0 aliphatic heterocycles. The second kappa shape index (κ2) is 6.12. The summed E-state index contributed by atoms with van der Waals surface area (Å²) in [6, 6.07) is 8.36. The van der Waals surface area contributed by atoms with E-state index in [0.29, 0.717) is 5.75 Å². The van der Waals surface area contributed by atoms with Gasteiger partial charge in [0, 0.05) is 6.08 Å². The van der Waals surface area contributed by atoms with Gasteiger partial charge in [0.05, 0.1) is 0 Å². The zero-order valence-corrected chi connectivity index (χ0v) is 8.70. The first-order valence-corrected chi connectivity index (χ1v) is 4.65. The number of carbonyl (C=O) groups excluding carboxylic acids is 1. The lowest BCUT2D eigenvalue weighted by Gasteiger charge is -2.02. The fourth-order valence-corrected chi connectivity index (χ4v) is 0.924. The molecular weight excluding hydrogens is 224 g/mol. The summed E-state index contributed by atoms with van der Waals surface area (Å²) in [6.07, 6.45) is 2.77. The van der Waals surface area contributed by atoms with Gasteiger partial charge in [-0.2, -0.15) is 0 Å². The molecule has 0 aromatic heterocycles. The van der Waals surface area contributed by atoms with Crippen LogP contribution in [-0.4, -0.2) is 17.0 Å². The van der Waals surface area contributed by atoms with Crippen LogP contribution in [0.4, 0.5) is 0 Å². The number of ether oxygens (including phenoxy) is 1. The van der Waals surface area contributed by atoms with Crippen molar-refractivity contribution in [1.82, 2.24) is 0 Å². The van der Waals surface area contributed by atoms with Crippen molar-refractivity contribution in [3.63, 3.8) is 0 Å². The lowest BCUT2D eigenvalue weighted by Crippen LogP contribution is -2.13. The van der Waals surface area contributed by atoms with Gasteiger partial charge < -0.3 is 14.9 Å². The number of benzene rings is 1. The smallest absolute Gasteiger partial charge is 0.336 e. The highest BCUT2D eigenvalue weighted by Crippen LogP contribution is 2.08. The molecule has 5 heteroatoms. The van der Waals surface area contributed by atoms with E-state index in [9.17, 15) is 14.7 Å². The van der Waals surface area contributed by atoms with Crippen molar-refractivity contribution < 1.29 is 24.5 Å². The molecule has 0 saturated heterocycles. The summed E-state index contributed by atoms with van der Waals surface area (Å²) < 4.78 is 4.85. The predicted octanol–water partition coefficient (Wildman–Crippen LogP) is 0.477. The van der Waals surface area contributed by atoms with E-state index in [4.69, 9.17) is 9.84 Å². The molecule has 0 unspecified atom stereocenters. The Labute approximate surface area is 97.3 Å². The molecule has 0 heterocycles. The van der Waals surface area contributed by atoms with E-state index in [2.05, 4.69) is 0 Å². The molecule has 5 nitrogen and oxygen atoms in total. The number of aliphatic carboxylic acids is 1. The highest BCUT2D eigenvalue weighted by Gasteiger charge is 1.98. The fourth-order valence-electron chi connectivity index (χ4n) is 0.924. The molecule has 0 spiro atoms. The Morgan fingerprint density at radius 3 is 2.47 bits per heavy atom. The molecular formula is C12H9O5-. The van der Waals surface area contributed by atoms with Crippen LogP contribution in [0.1, 0.15) is 0 Å². The normalized spacial score (nSPS) is 11.4. The summed E-state index contributed by atoms with van der Waals surface area (Å²) in [5.41, 5.74) is 0. The molecule has 1 rings (SSSR count). The first kappa shape index (κ1) is 12.5. The first-order valence-electron chi connectivity index (χ1n) is 4.65. The van der Waals surface area contributed by atoms with Crippen LogP contribution in [-0.2, 0) is 9.59 Å². The molecule has 1 aromatic rings. The number of hydrogen-bond donors (Lipinski definition) is 1. The summed E-state index contributed by atoms with van der Waals surface area (Å²) in [5.74, 6) is -3.00. The number of carboxylic acid groups (broad SMARTS) is 1. The standard InChI is InChI=1S/C12H10O5/c13-10(12(15)16)7-4-8-11(14)17-9-5-2-1-3-6-9/h1-8,13H,(H,15,16)/p-1/b8-4+,10-7-. The van der Waals surface area contributed by atoms with Crippen LogP contribution < -0.4 is 9.84 Å². The van der Waals surface area contributed by atoms with Crippen molar-refractivity contribution >= 4 is 11.9 Å². The van der Waals surface area contributed by atoms with Gasteiger partial charge in [-0.05, 0) is 17.9 Å². The molecule has 0 bridgehead atoms. The molecule has 0 amide bonds. The van der Waals surface area contributed by atoms with Gasteiger partial charge in [0.25, 0.3) is 0 Å². The van der Waals surface area contributed by atoms with Gasteiger partial charge in [-0.25, -0.2) is 9.59 Å². The largest absolute Gasteiger partial charge is 0.868 e. The monoisotopic (exact) mass is 233 g/mol. The second-order valence-corrected chi connectivity index (χ2v) is 2.93. The SMILES string of the molecule is O=C(/C=C/C=C(\[O-])C(=O)O)Oc1ccccc1. The lowest BCUT2D eigenvalue weighted by atomic mass is 10.3. The summed E-state index contributed by atoms with van der Waals surface area (Å²) in [5, 5.41) is 18.9. The molecule has 1 N–H and O–H groups in total. The summed E-state index contributed by atoms with van der Waals surface area (Å²) in [6.45, 7) is 0. The minimum absolute atomic E-state index is 0.367. The topological polar surface area (TPSA) is 86.7 Å². The van der Waals surface area contributed by atoms with Gasteiger partial charge in [-0.3, -0.25) is 0 Å². The zero-order chi connectivity index (χ0) is 12.7. The van der Waals surface area contributed by atoms with Crippen LogP contribution in [0.15, 0.2) is 54.3 Å². The van der Waals surface area contributed by atoms with Crippen LogP contribution in [0.25, 0.3) is 0 Å². The number of esters is 1. The maximum absolute atomic E-state index is 11.2. The summed E-state index contributed by atoms with van der Waals surface area (Å²) in [4.78, 5) is 21.3. The van der Waals surface area contributed by atoms with E-state index in [-0.39, 0.29) is 0 Å². The van der Waals surface area contributed by atoms with Gasteiger partial charge in [0.15, 0.2) is 0 Å². The fraction of sp³-hybridized carbons (Fsp3) is 0. The Kier molecular flexibility index (Phi) is 4.50. The molecule has 0 atom stereocenters. The Hall–Kier alpha value is -2.56. The molecule has 88 valence electrons. The van der Waals surface area contributed by atoms with Crippen molar-refractivity contribution in [2.24, 2.45) is 0 Å². The van der Waals surface area contributed by atoms with Crippen LogP contribution >= 0.6 is 0 Å². The summed E-state index contributed by atoms with van der Waals surface area (Å²) in [7, 11) is 0. The lowest BCUT2D eigenvalue weighted by molar-refractivity contribution is -0.302. The number of rotatable bonds is 4. The molecule has 0 aliphatic rings. The first-order chi connectivity index (χ1) is 8.09. The average Bonchev–Trinajstić information content (AvgIpc) is 2.30. The van der Waals surface area contributed by atoms with E-state index in [1.54, 1.807) is 30.3 Å². The number of allylic oxidation sites excluding steroid dienone is 2. The molecule has 0 saturated carbocycles. The van der Waals surface area contributed by atoms with Gasteiger partial charge in [0.1, 0.15) is 5.75 Å². The molecule has 0 fully saturated rings. The predicted molar refractivity (Wildman–Crippen MR) is 56.9 cm³/mol. The average molecular weight is 233 g/mol. The highest BCUT2D eigenvalue weighted by atomic mass is 16.5. The van der Waals surface area contributed by atoms with E-state index in [1.165, 1.54) is 0 Å². The van der Waals surface area contributed by atoms with E-state index in [1.807, 2.05) is 0 Å². The van der Waals surface area contributed by atoms with Crippen molar-refractivity contribution in [2.75, 3.05) is 0 Å². The molecule has 0 aliphatic carbocycles. The Balaban J connectivity index is 2.54. The van der Waals surface area contributed by atoms with Gasteiger partial charge in [-0.1, -0.05) is 30.4 Å². The maximum Gasteiger partial charge on any atom is 0.336 e. The van der Waals surface area contributed by atoms with Crippen molar-refractivity contribution in [3.8, 4) is 5.75 Å². The highest BCUT2D eigenvalue weighted by molar-refractivity contribution is 5.86. The number of para-hydroxylation sites is 1. The van der Waals surface area contributed by atoms with E-state index >= 15 is 0 Å². The number of hydrogen-bond acceptors (Lipinski definition) is 4. The molecule has 0 radical (unpaired) electrons. The second-order valence-electron chi connectivity index (χ2n) is 2.93. The third-order valence-electron chi connectivity index (χ3n) is 1.65. The van der Waals surface area contributed by atoms with Crippen molar-refractivity contribution in [3.05, 3.63) is 54.3 Å². The minimum Gasteiger partial charge on any atom is -0.868 e. The van der Waals surface area contributed by atoms with Crippen LogP contribution in [0.3, 0.4) is 0 Å². The summed E-state index contributed by atoms with van der Waals surface area (Å²) >= 11 is 0. The number of carbonyl (C=O) groups is 2. The zero-order valence-electron chi connectivity index (χ0n) is 8.70. The Morgan fingerprint density at radius 2 is 1.88 bits per heavy atom. The third kappa shape index (κ3) is 4.65.